The van der Waals surface area contributed by atoms with Gasteiger partial charge in [0.2, 0.25) is 0 Å². The van der Waals surface area contributed by atoms with Gasteiger partial charge in [-0.1, -0.05) is 20.8 Å². The molecule has 3 nitrogen and oxygen atoms in total. The molecule has 5 heteroatoms. The SMILES string of the molecule is CC[Si](CC)(CC)OCCN(C)c1ccc(Br)cn1. The summed E-state index contributed by atoms with van der Waals surface area (Å²) in [6.07, 6.45) is 1.83. The number of aromatic nitrogens is 1. The van der Waals surface area contributed by atoms with E-state index in [0.717, 1.165) is 23.4 Å². The lowest BCUT2D eigenvalue weighted by Gasteiger charge is -2.29. The summed E-state index contributed by atoms with van der Waals surface area (Å²) in [6, 6.07) is 7.66. The molecule has 0 amide bonds. The number of anilines is 1. The van der Waals surface area contributed by atoms with Crippen LogP contribution in [0, 0.1) is 0 Å². The van der Waals surface area contributed by atoms with Gasteiger partial charge in [0.1, 0.15) is 5.82 Å². The van der Waals surface area contributed by atoms with Crippen molar-refractivity contribution in [3.63, 3.8) is 0 Å². The van der Waals surface area contributed by atoms with Crippen molar-refractivity contribution < 1.29 is 4.43 Å². The van der Waals surface area contributed by atoms with Crippen LogP contribution in [0.2, 0.25) is 18.1 Å². The predicted molar refractivity (Wildman–Crippen MR) is 88.4 cm³/mol. The van der Waals surface area contributed by atoms with Gasteiger partial charge in [0, 0.05) is 24.3 Å². The molecular weight excluding hydrogens is 320 g/mol. The zero-order chi connectivity index (χ0) is 14.3. The zero-order valence-electron chi connectivity index (χ0n) is 12.4. The van der Waals surface area contributed by atoms with Crippen LogP contribution in [0.4, 0.5) is 5.82 Å². The summed E-state index contributed by atoms with van der Waals surface area (Å²) < 4.78 is 7.26. The van der Waals surface area contributed by atoms with Crippen LogP contribution in [-0.2, 0) is 4.43 Å². The molecule has 19 heavy (non-hydrogen) atoms. The first kappa shape index (κ1) is 16.7. The van der Waals surface area contributed by atoms with Crippen LogP contribution in [0.5, 0.6) is 0 Å². The molecule has 1 heterocycles. The highest BCUT2D eigenvalue weighted by Crippen LogP contribution is 2.21. The molecule has 0 atom stereocenters. The first-order valence-electron chi connectivity index (χ1n) is 7.03. The Morgan fingerprint density at radius 2 is 1.84 bits per heavy atom. The fraction of sp³-hybridized carbons (Fsp3) is 0.643. The van der Waals surface area contributed by atoms with Crippen LogP contribution < -0.4 is 4.90 Å². The van der Waals surface area contributed by atoms with Crippen LogP contribution in [0.15, 0.2) is 22.8 Å². The standard InChI is InChI=1S/C14H25BrN2OSi/c1-5-19(6-2,7-3)18-11-10-17(4)14-9-8-13(15)12-16-14/h8-9,12H,5-7,10-11H2,1-4H3. The molecule has 1 aromatic rings. The Bertz CT molecular complexity index is 360. The molecule has 0 radical (unpaired) electrons. The van der Waals surface area contributed by atoms with E-state index < -0.39 is 8.32 Å². The van der Waals surface area contributed by atoms with Crippen molar-refractivity contribution in [1.82, 2.24) is 4.98 Å². The van der Waals surface area contributed by atoms with Gasteiger partial charge < -0.3 is 9.33 Å². The highest BCUT2D eigenvalue weighted by Gasteiger charge is 2.28. The molecule has 0 N–H and O–H groups in total. The van der Waals surface area contributed by atoms with Gasteiger partial charge in [-0.2, -0.15) is 0 Å². The van der Waals surface area contributed by atoms with E-state index in [1.165, 1.54) is 18.1 Å². The van der Waals surface area contributed by atoms with Crippen molar-refractivity contribution in [1.29, 1.82) is 0 Å². The molecule has 0 spiro atoms. The number of hydrogen-bond donors (Lipinski definition) is 0. The molecule has 1 aromatic heterocycles. The molecule has 0 aliphatic carbocycles. The van der Waals surface area contributed by atoms with E-state index in [0.29, 0.717) is 0 Å². The Morgan fingerprint density at radius 3 is 2.32 bits per heavy atom. The Balaban J connectivity index is 2.46. The fourth-order valence-electron chi connectivity index (χ4n) is 2.16. The second-order valence-electron chi connectivity index (χ2n) is 4.85. The van der Waals surface area contributed by atoms with Gasteiger partial charge in [0.25, 0.3) is 0 Å². The number of nitrogens with zero attached hydrogens (tertiary/aromatic N) is 2. The quantitative estimate of drug-likeness (QED) is 0.657. The van der Waals surface area contributed by atoms with Crippen molar-refractivity contribution in [2.45, 2.75) is 38.9 Å². The van der Waals surface area contributed by atoms with Gasteiger partial charge in [-0.25, -0.2) is 4.98 Å². The van der Waals surface area contributed by atoms with E-state index in [1.807, 2.05) is 18.3 Å². The molecule has 0 aliphatic heterocycles. The first-order chi connectivity index (χ1) is 9.06. The Labute approximate surface area is 126 Å². The van der Waals surface area contributed by atoms with Gasteiger partial charge in [0.05, 0.1) is 6.61 Å². The van der Waals surface area contributed by atoms with Crippen LogP contribution in [0.25, 0.3) is 0 Å². The predicted octanol–water partition coefficient (Wildman–Crippen LogP) is 4.30. The third-order valence-corrected chi connectivity index (χ3v) is 9.02. The summed E-state index contributed by atoms with van der Waals surface area (Å²) in [5, 5.41) is 0. The van der Waals surface area contributed by atoms with Gasteiger partial charge in [-0.15, -0.1) is 0 Å². The highest BCUT2D eigenvalue weighted by molar-refractivity contribution is 9.10. The van der Waals surface area contributed by atoms with E-state index in [1.54, 1.807) is 0 Å². The third kappa shape index (κ3) is 4.89. The van der Waals surface area contributed by atoms with Crippen molar-refractivity contribution in [3.8, 4) is 0 Å². The molecule has 0 saturated heterocycles. The maximum absolute atomic E-state index is 6.25. The van der Waals surface area contributed by atoms with E-state index in [2.05, 4.69) is 53.6 Å². The average Bonchev–Trinajstić information content (AvgIpc) is 2.45. The third-order valence-electron chi connectivity index (χ3n) is 3.87. The van der Waals surface area contributed by atoms with Crippen molar-refractivity contribution in [3.05, 3.63) is 22.8 Å². The lowest BCUT2D eigenvalue weighted by Crippen LogP contribution is -2.38. The smallest absolute Gasteiger partial charge is 0.192 e. The van der Waals surface area contributed by atoms with Crippen LogP contribution >= 0.6 is 15.9 Å². The first-order valence-corrected chi connectivity index (χ1v) is 10.4. The maximum atomic E-state index is 6.25. The van der Waals surface area contributed by atoms with Crippen LogP contribution in [0.1, 0.15) is 20.8 Å². The molecule has 0 bridgehead atoms. The van der Waals surface area contributed by atoms with Gasteiger partial charge in [0.15, 0.2) is 8.32 Å². The van der Waals surface area contributed by atoms with Crippen molar-refractivity contribution in [2.75, 3.05) is 25.1 Å². The Morgan fingerprint density at radius 1 is 1.21 bits per heavy atom. The largest absolute Gasteiger partial charge is 0.415 e. The number of pyridine rings is 1. The average molecular weight is 345 g/mol. The van der Waals surface area contributed by atoms with Gasteiger partial charge >= 0.3 is 0 Å². The summed E-state index contributed by atoms with van der Waals surface area (Å²) in [5.41, 5.74) is 0. The van der Waals surface area contributed by atoms with Crippen LogP contribution in [0.3, 0.4) is 0 Å². The maximum Gasteiger partial charge on any atom is 0.192 e. The van der Waals surface area contributed by atoms with E-state index in [4.69, 9.17) is 4.43 Å². The molecule has 0 fully saturated rings. The number of halogens is 1. The van der Waals surface area contributed by atoms with Crippen LogP contribution in [-0.4, -0.2) is 33.5 Å². The molecule has 0 aliphatic rings. The summed E-state index contributed by atoms with van der Waals surface area (Å²) >= 11 is 3.40. The Hall–Kier alpha value is -0.393. The lowest BCUT2D eigenvalue weighted by atomic mass is 10.4. The van der Waals surface area contributed by atoms with E-state index >= 15 is 0 Å². The lowest BCUT2D eigenvalue weighted by molar-refractivity contribution is 0.307. The summed E-state index contributed by atoms with van der Waals surface area (Å²) in [6.45, 7) is 8.48. The molecular formula is C14H25BrN2OSi. The number of likely N-dealkylation sites (N-methyl/N-ethyl adjacent to an activating group) is 1. The second-order valence-corrected chi connectivity index (χ2v) is 10.5. The highest BCUT2D eigenvalue weighted by atomic mass is 79.9. The fourth-order valence-corrected chi connectivity index (χ4v) is 5.03. The monoisotopic (exact) mass is 344 g/mol. The van der Waals surface area contributed by atoms with Crippen molar-refractivity contribution in [2.24, 2.45) is 0 Å². The normalized spacial score (nSPS) is 11.6. The molecule has 108 valence electrons. The number of rotatable bonds is 8. The summed E-state index contributed by atoms with van der Waals surface area (Å²) in [4.78, 5) is 6.53. The number of hydrogen-bond acceptors (Lipinski definition) is 3. The zero-order valence-corrected chi connectivity index (χ0v) is 15.0. The molecule has 0 aromatic carbocycles. The van der Waals surface area contributed by atoms with Gasteiger partial charge in [-0.3, -0.25) is 0 Å². The van der Waals surface area contributed by atoms with Gasteiger partial charge in [-0.05, 0) is 46.2 Å². The molecule has 0 saturated carbocycles. The second kappa shape index (κ2) is 8.02. The molecule has 0 unspecified atom stereocenters. The van der Waals surface area contributed by atoms with Crippen molar-refractivity contribution >= 4 is 30.1 Å². The minimum atomic E-state index is -1.45. The summed E-state index contributed by atoms with van der Waals surface area (Å²) in [5.74, 6) is 0.989. The molecule has 1 rings (SSSR count). The minimum Gasteiger partial charge on any atom is -0.415 e. The minimum absolute atomic E-state index is 0.802. The van der Waals surface area contributed by atoms with E-state index in [9.17, 15) is 0 Å². The topological polar surface area (TPSA) is 25.4 Å². The van der Waals surface area contributed by atoms with E-state index in [-0.39, 0.29) is 0 Å². The summed E-state index contributed by atoms with van der Waals surface area (Å²) in [7, 11) is 0.613. The Kier molecular flexibility index (Phi) is 7.03.